The van der Waals surface area contributed by atoms with E-state index in [0.717, 1.165) is 41.6 Å². The van der Waals surface area contributed by atoms with Crippen molar-refractivity contribution >= 4 is 40.9 Å². The number of aromatic nitrogens is 2. The molecule has 1 aromatic heterocycles. The third-order valence-electron chi connectivity index (χ3n) is 8.00. The van der Waals surface area contributed by atoms with E-state index >= 15 is 0 Å². The number of carboxylic acid groups (broad SMARTS) is 1. The van der Waals surface area contributed by atoms with Crippen molar-refractivity contribution < 1.29 is 41.4 Å². The van der Waals surface area contributed by atoms with Crippen LogP contribution in [0.2, 0.25) is 10.0 Å². The summed E-state index contributed by atoms with van der Waals surface area (Å²) in [5.41, 5.74) is -1.65. The normalized spacial score (nSPS) is 18.7. The molecule has 44 heavy (non-hydrogen) atoms. The Labute approximate surface area is 258 Å². The largest absolute Gasteiger partial charge is 0.481 e. The molecule has 2 fully saturated rings. The Morgan fingerprint density at radius 1 is 0.932 bits per heavy atom. The number of ketones is 1. The summed E-state index contributed by atoms with van der Waals surface area (Å²) >= 11 is 12.8. The number of hydrogen-bond donors (Lipinski definition) is 1. The summed E-state index contributed by atoms with van der Waals surface area (Å²) in [6.45, 7) is -1.44. The predicted molar refractivity (Wildman–Crippen MR) is 150 cm³/mol. The van der Waals surface area contributed by atoms with Gasteiger partial charge in [-0.05, 0) is 79.8 Å². The lowest BCUT2D eigenvalue weighted by molar-refractivity contribution is -0.147. The van der Waals surface area contributed by atoms with Crippen LogP contribution in [-0.4, -0.2) is 44.0 Å². The highest BCUT2D eigenvalue weighted by Crippen LogP contribution is 2.43. The number of carbonyl (C=O) groups is 3. The Hall–Kier alpha value is -3.51. The van der Waals surface area contributed by atoms with Gasteiger partial charge in [-0.25, -0.2) is 8.78 Å². The second-order valence-corrected chi connectivity index (χ2v) is 12.0. The van der Waals surface area contributed by atoms with Crippen LogP contribution in [-0.2, 0) is 17.5 Å². The van der Waals surface area contributed by atoms with Crippen molar-refractivity contribution in [2.75, 3.05) is 6.54 Å². The van der Waals surface area contributed by atoms with Crippen molar-refractivity contribution in [3.05, 3.63) is 86.2 Å². The molecule has 0 aliphatic heterocycles. The smallest absolute Gasteiger partial charge is 0.433 e. The Bertz CT molecular complexity index is 1570. The number of alkyl halides is 3. The first-order valence-electron chi connectivity index (χ1n) is 13.9. The van der Waals surface area contributed by atoms with Gasteiger partial charge in [0, 0.05) is 12.6 Å². The molecule has 14 heteroatoms. The van der Waals surface area contributed by atoms with Gasteiger partial charge in [-0.15, -0.1) is 0 Å². The van der Waals surface area contributed by atoms with Crippen LogP contribution < -0.4 is 0 Å². The molecule has 2 aliphatic carbocycles. The predicted octanol–water partition coefficient (Wildman–Crippen LogP) is 7.71. The molecule has 2 aromatic carbocycles. The average molecular weight is 658 g/mol. The molecule has 2 aliphatic rings. The van der Waals surface area contributed by atoms with Crippen molar-refractivity contribution in [1.29, 1.82) is 0 Å². The first-order chi connectivity index (χ1) is 20.7. The van der Waals surface area contributed by atoms with Crippen LogP contribution in [0.3, 0.4) is 0 Å². The van der Waals surface area contributed by atoms with E-state index < -0.39 is 71.8 Å². The molecule has 234 valence electrons. The number of amides is 1. The molecule has 0 saturated heterocycles. The van der Waals surface area contributed by atoms with Gasteiger partial charge in [0.25, 0.3) is 5.91 Å². The number of Topliss-reactive ketones (excluding diaryl/α,β-unsaturated/α-hetero) is 1. The highest BCUT2D eigenvalue weighted by molar-refractivity contribution is 6.40. The van der Waals surface area contributed by atoms with E-state index in [1.807, 2.05) is 0 Å². The fourth-order valence-corrected chi connectivity index (χ4v) is 6.42. The number of hydrogen-bond acceptors (Lipinski definition) is 4. The van der Waals surface area contributed by atoms with Crippen molar-refractivity contribution in [1.82, 2.24) is 14.7 Å². The third kappa shape index (κ3) is 6.91. The van der Waals surface area contributed by atoms with E-state index in [2.05, 4.69) is 5.10 Å². The minimum atomic E-state index is -5.06. The highest BCUT2D eigenvalue weighted by Gasteiger charge is 2.43. The van der Waals surface area contributed by atoms with Crippen molar-refractivity contribution in [2.45, 2.75) is 63.2 Å². The topological polar surface area (TPSA) is 92.5 Å². The zero-order valence-electron chi connectivity index (χ0n) is 23.0. The van der Waals surface area contributed by atoms with Crippen molar-refractivity contribution in [3.63, 3.8) is 0 Å². The Morgan fingerprint density at radius 2 is 1.52 bits per heavy atom. The van der Waals surface area contributed by atoms with Crippen molar-refractivity contribution in [2.24, 2.45) is 5.92 Å². The summed E-state index contributed by atoms with van der Waals surface area (Å²) in [5.74, 6) is -5.49. The molecule has 0 spiro atoms. The standard InChI is InChI=1S/C30H26Cl2F5N3O4/c31-23-9-18(16-1-2-16)10-24(32)26(23)25(41)14-39(13-15-7-19(33)11-20(34)8-15)28(42)22-12-38-40(27(22)30(35,36)37)21-5-3-17(4-6-21)29(43)44/h7-12,16-17,21H,1-6,13-14H2,(H,43,44). The molecule has 0 radical (unpaired) electrons. The Morgan fingerprint density at radius 3 is 2.05 bits per heavy atom. The van der Waals surface area contributed by atoms with Gasteiger partial charge >= 0.3 is 12.1 Å². The lowest BCUT2D eigenvalue weighted by Gasteiger charge is -2.28. The molecule has 1 heterocycles. The lowest BCUT2D eigenvalue weighted by Crippen LogP contribution is -2.37. The number of carbonyl (C=O) groups excluding carboxylic acids is 2. The van der Waals surface area contributed by atoms with Gasteiger partial charge < -0.3 is 10.0 Å². The molecular weight excluding hydrogens is 632 g/mol. The SMILES string of the molecule is O=C(CN(Cc1cc(F)cc(F)c1)C(=O)c1cnn(C2CCC(C(=O)O)CC2)c1C(F)(F)F)c1c(Cl)cc(C2CC2)cc1Cl. The fourth-order valence-electron chi connectivity index (χ4n) is 5.70. The first-order valence-corrected chi connectivity index (χ1v) is 14.6. The molecular formula is C30H26Cl2F5N3O4. The van der Waals surface area contributed by atoms with Gasteiger partial charge in [0.15, 0.2) is 11.5 Å². The molecule has 7 nitrogen and oxygen atoms in total. The second-order valence-electron chi connectivity index (χ2n) is 11.2. The summed E-state index contributed by atoms with van der Waals surface area (Å²) in [4.78, 5) is 39.3. The minimum Gasteiger partial charge on any atom is -0.481 e. The van der Waals surface area contributed by atoms with Crippen LogP contribution in [0.15, 0.2) is 36.5 Å². The molecule has 0 bridgehead atoms. The molecule has 5 rings (SSSR count). The van der Waals surface area contributed by atoms with E-state index in [4.69, 9.17) is 23.2 Å². The monoisotopic (exact) mass is 657 g/mol. The second kappa shape index (κ2) is 12.5. The molecule has 0 atom stereocenters. The van der Waals surface area contributed by atoms with Crippen LogP contribution in [0.25, 0.3) is 0 Å². The van der Waals surface area contributed by atoms with Gasteiger partial charge in [-0.3, -0.25) is 19.1 Å². The molecule has 0 unspecified atom stereocenters. The summed E-state index contributed by atoms with van der Waals surface area (Å²) in [5, 5.41) is 13.1. The van der Waals surface area contributed by atoms with E-state index in [-0.39, 0.29) is 52.8 Å². The molecule has 1 N–H and O–H groups in total. The zero-order chi connectivity index (χ0) is 31.9. The van der Waals surface area contributed by atoms with Gasteiger partial charge in [-0.2, -0.15) is 18.3 Å². The lowest BCUT2D eigenvalue weighted by atomic mass is 9.86. The Balaban J connectivity index is 1.50. The van der Waals surface area contributed by atoms with Gasteiger partial charge in [0.1, 0.15) is 11.6 Å². The highest BCUT2D eigenvalue weighted by atomic mass is 35.5. The van der Waals surface area contributed by atoms with Crippen LogP contribution in [0.5, 0.6) is 0 Å². The van der Waals surface area contributed by atoms with Crippen LogP contribution in [0.1, 0.15) is 88.0 Å². The quantitative estimate of drug-likeness (QED) is 0.188. The number of carboxylic acids is 1. The van der Waals surface area contributed by atoms with Crippen LogP contribution in [0.4, 0.5) is 22.0 Å². The van der Waals surface area contributed by atoms with Gasteiger partial charge in [0.2, 0.25) is 0 Å². The number of benzene rings is 2. The van der Waals surface area contributed by atoms with E-state index in [1.54, 1.807) is 12.1 Å². The van der Waals surface area contributed by atoms with E-state index in [9.17, 15) is 41.4 Å². The number of aliphatic carboxylic acids is 1. The summed E-state index contributed by atoms with van der Waals surface area (Å²) in [6.07, 6.45) is -2.01. The number of halogens is 7. The maximum Gasteiger partial charge on any atom is 0.433 e. The molecule has 1 amide bonds. The number of rotatable bonds is 9. The molecule has 2 saturated carbocycles. The third-order valence-corrected chi connectivity index (χ3v) is 8.59. The number of nitrogens with zero attached hydrogens (tertiary/aromatic N) is 3. The fraction of sp³-hybridized carbons (Fsp3) is 0.400. The molecule has 3 aromatic rings. The summed E-state index contributed by atoms with van der Waals surface area (Å²) < 4.78 is 72.1. The first kappa shape index (κ1) is 31.9. The van der Waals surface area contributed by atoms with E-state index in [1.165, 1.54) is 0 Å². The van der Waals surface area contributed by atoms with Crippen LogP contribution in [0, 0.1) is 17.6 Å². The van der Waals surface area contributed by atoms with Crippen molar-refractivity contribution in [3.8, 4) is 0 Å². The maximum absolute atomic E-state index is 14.5. The summed E-state index contributed by atoms with van der Waals surface area (Å²) in [7, 11) is 0. The van der Waals surface area contributed by atoms with Crippen LogP contribution >= 0.6 is 23.2 Å². The minimum absolute atomic E-state index is 0.00867. The maximum atomic E-state index is 14.5. The summed E-state index contributed by atoms with van der Waals surface area (Å²) in [6, 6.07) is 4.72. The Kier molecular flexibility index (Phi) is 9.04. The van der Waals surface area contributed by atoms with Gasteiger partial charge in [0.05, 0.1) is 45.9 Å². The van der Waals surface area contributed by atoms with Gasteiger partial charge in [-0.1, -0.05) is 23.2 Å². The van der Waals surface area contributed by atoms with E-state index in [0.29, 0.717) is 10.7 Å². The zero-order valence-corrected chi connectivity index (χ0v) is 24.5. The average Bonchev–Trinajstić information content (AvgIpc) is 3.68.